The number of esters is 1. The second-order valence-corrected chi connectivity index (χ2v) is 21.8. The van der Waals surface area contributed by atoms with Gasteiger partial charge in [-0.2, -0.15) is 0 Å². The fraction of sp³-hybridized carbons (Fsp3) is 0.755. The highest BCUT2D eigenvalue weighted by Crippen LogP contribution is 2.26. The van der Waals surface area contributed by atoms with Crippen molar-refractivity contribution in [1.29, 1.82) is 0 Å². The van der Waals surface area contributed by atoms with E-state index in [1.165, 1.54) is 20.8 Å². The first-order valence-electron chi connectivity index (χ1n) is 26.1. The Hall–Kier alpha value is -6.73. The number of nitrogens with zero attached hydrogens (tertiary/aromatic N) is 2. The fourth-order valence-electron chi connectivity index (χ4n) is 4.37. The van der Waals surface area contributed by atoms with Gasteiger partial charge in [-0.15, -0.1) is 11.6 Å². The summed E-state index contributed by atoms with van der Waals surface area (Å²) in [6.07, 6.45) is -5.61. The van der Waals surface area contributed by atoms with E-state index in [0.717, 1.165) is 0 Å². The van der Waals surface area contributed by atoms with Crippen molar-refractivity contribution in [3.8, 4) is 0 Å². The lowest BCUT2D eigenvalue weighted by Gasteiger charge is -2.29. The fourth-order valence-corrected chi connectivity index (χ4v) is 4.48. The highest BCUT2D eigenvalue weighted by molar-refractivity contribution is 6.64. The predicted octanol–water partition coefficient (Wildman–Crippen LogP) is 6.49. The van der Waals surface area contributed by atoms with Crippen LogP contribution >= 0.6 is 23.2 Å². The molecule has 0 aromatic rings. The predicted molar refractivity (Wildman–Crippen MR) is 291 cm³/mol. The van der Waals surface area contributed by atoms with Gasteiger partial charge in [-0.1, -0.05) is 6.92 Å². The van der Waals surface area contributed by atoms with Crippen LogP contribution in [-0.4, -0.2) is 195 Å². The Morgan fingerprint density at radius 1 is 0.598 bits per heavy atom. The highest BCUT2D eigenvalue weighted by Gasteiger charge is 2.43. The van der Waals surface area contributed by atoms with Crippen LogP contribution in [0.2, 0.25) is 0 Å². The Balaban J connectivity index is -0.000000519. The number of ether oxygens (including phenoxy) is 11. The first kappa shape index (κ1) is 75.3. The lowest BCUT2D eigenvalue weighted by molar-refractivity contribution is -0.165. The summed E-state index contributed by atoms with van der Waals surface area (Å²) in [5.74, 6) is -2.49. The molecule has 3 fully saturated rings. The molecule has 3 saturated heterocycles. The van der Waals surface area contributed by atoms with Crippen molar-refractivity contribution in [2.45, 2.75) is 140 Å². The number of aliphatic imine (C=N–C) groups is 2. The third-order valence-corrected chi connectivity index (χ3v) is 8.43. The zero-order valence-electron chi connectivity index (χ0n) is 52.4. The maximum absolute atomic E-state index is 12.2. The van der Waals surface area contributed by atoms with E-state index in [1.807, 2.05) is 0 Å². The number of carbonyl (C=O) groups excluding carboxylic acids is 9. The van der Waals surface area contributed by atoms with Crippen LogP contribution in [0.5, 0.6) is 0 Å². The lowest BCUT2D eigenvalue weighted by atomic mass is 9.93. The van der Waals surface area contributed by atoms with Gasteiger partial charge in [0.05, 0.1) is 29.6 Å². The lowest BCUT2D eigenvalue weighted by Crippen LogP contribution is -2.47. The van der Waals surface area contributed by atoms with Gasteiger partial charge in [0, 0.05) is 13.8 Å². The number of cyclic esters (lactones) is 6. The molecule has 2 unspecified atom stereocenters. The Morgan fingerprint density at radius 2 is 0.841 bits per heavy atom. The standard InChI is InChI=1S/C19H31N3O9.C13H25N3O5.C6H7ClO4.C6H8O5.C2H5Cl.C2H6O.CH3F/c1-17(2,3)30-14(24)21-13(22-15(25)31-18(4,5)6)20-8-9-27-12(23)19(7)10-28-16(26)29-11-19;1-12(2,3)20-10(18)15-9(14-7-8-17)16-11(19)21-13(4,5)6;2*1-6(4(7)8)2-10-5(9)11-3-6;2*1-2-3;1-2/h8-11H2,1-7H3,(H2,20,21,22,24,25);17H,7-8H2,1-6H3,(H2,14,15,16,18,19);2-3H2,1H3;2-3H2,1H3,(H,7,8);2H2,1H3;3H,2H2,1H3;1H3/i;;;;2*2T;1D. The number of rotatable bonds is 8. The smallest absolute Gasteiger partial charge is 0.481 e. The number of alkyl carbamates (subject to hydrolysis) is 4. The van der Waals surface area contributed by atoms with E-state index in [0.29, 0.717) is 0 Å². The summed E-state index contributed by atoms with van der Waals surface area (Å²) in [4.78, 5) is 120. The van der Waals surface area contributed by atoms with E-state index in [4.69, 9.17) is 75.8 Å². The molecule has 0 spiro atoms. The maximum atomic E-state index is 12.2. The SMILES string of the molecule is CC(C)(C)OC(=O)NC(=NCCO)NC(=O)OC(C)(C)C.CC(C)(C)OC(=O)NC(=NCCOC(=O)C1(C)COC(=O)OC1)NC(=O)OC(C)(C)C.CC1(C(=O)Cl)COC(=O)OC1.CC1(C(=O)O)COC(=O)OC1.[2H]CF.[3H]C(C)Cl.[3H]C(C)O. The van der Waals surface area contributed by atoms with Crippen LogP contribution in [0.4, 0.5) is 38.0 Å². The normalized spacial score (nSPS) is 16.4. The summed E-state index contributed by atoms with van der Waals surface area (Å²) in [5.41, 5.74) is -6.00. The molecule has 0 radical (unpaired) electrons. The number of alkyl halides is 2. The Bertz CT molecular complexity index is 2060. The molecule has 7 N–H and O–H groups in total. The number of aliphatic hydroxyl groups excluding tert-OH is 2. The van der Waals surface area contributed by atoms with Gasteiger partial charge in [-0.3, -0.25) is 45.0 Å². The molecule has 0 aromatic heterocycles. The molecule has 3 aliphatic rings. The van der Waals surface area contributed by atoms with E-state index in [2.05, 4.69) is 50.2 Å². The Morgan fingerprint density at radius 3 is 1.07 bits per heavy atom. The van der Waals surface area contributed by atoms with Crippen molar-refractivity contribution in [1.82, 2.24) is 21.3 Å². The molecule has 3 aliphatic heterocycles. The quantitative estimate of drug-likeness (QED) is 0.0259. The number of carbonyl (C=O) groups is 10. The summed E-state index contributed by atoms with van der Waals surface area (Å²) >= 11 is 10.2. The van der Waals surface area contributed by atoms with Crippen LogP contribution < -0.4 is 21.3 Å². The minimum absolute atomic E-state index is 0.00579. The molecule has 0 bridgehead atoms. The van der Waals surface area contributed by atoms with Gasteiger partial charge in [0.25, 0.3) is 0 Å². The Labute approximate surface area is 490 Å². The zero-order valence-corrected chi connectivity index (χ0v) is 50.9. The molecule has 82 heavy (non-hydrogen) atoms. The molecule has 4 amide bonds. The molecule has 3 heterocycles. The van der Waals surface area contributed by atoms with E-state index in [-0.39, 0.29) is 77.9 Å². The monoisotopic (exact) mass is 1240 g/mol. The number of hydrogen-bond donors (Lipinski definition) is 7. The first-order valence-corrected chi connectivity index (χ1v) is 25.0. The van der Waals surface area contributed by atoms with E-state index >= 15 is 0 Å². The van der Waals surface area contributed by atoms with Crippen molar-refractivity contribution >= 4 is 95.1 Å². The van der Waals surface area contributed by atoms with Crippen molar-refractivity contribution in [2.24, 2.45) is 26.2 Å². The summed E-state index contributed by atoms with van der Waals surface area (Å²) in [6.45, 7) is 25.9. The van der Waals surface area contributed by atoms with Gasteiger partial charge in [0.2, 0.25) is 17.2 Å². The van der Waals surface area contributed by atoms with Crippen molar-refractivity contribution in [3.63, 3.8) is 0 Å². The van der Waals surface area contributed by atoms with Crippen molar-refractivity contribution in [3.05, 3.63) is 0 Å². The molecule has 476 valence electrons. The van der Waals surface area contributed by atoms with Crippen LogP contribution in [0.1, 0.15) is 122 Å². The van der Waals surface area contributed by atoms with Gasteiger partial charge in [0.1, 0.15) is 84.9 Å². The highest BCUT2D eigenvalue weighted by atomic mass is 35.5. The number of aliphatic hydroxyl groups is 2. The number of aliphatic carboxylic acids is 1. The van der Waals surface area contributed by atoms with Crippen LogP contribution in [0.3, 0.4) is 0 Å². The maximum Gasteiger partial charge on any atom is 0.508 e. The number of amides is 4. The summed E-state index contributed by atoms with van der Waals surface area (Å²) in [7, 11) is -1.00. The largest absolute Gasteiger partial charge is 0.508 e. The van der Waals surface area contributed by atoms with Crippen molar-refractivity contribution < 1.29 is 124 Å². The van der Waals surface area contributed by atoms with Crippen LogP contribution in [0.15, 0.2) is 9.98 Å². The second-order valence-electron chi connectivity index (χ2n) is 21.0. The number of guanidine groups is 2. The molecule has 3 rings (SSSR count). The van der Waals surface area contributed by atoms with E-state index in [1.54, 1.807) is 96.9 Å². The van der Waals surface area contributed by atoms with Gasteiger partial charge in [0.15, 0.2) is 0 Å². The minimum atomic E-state index is -1.13. The molecular weight excluding hydrogens is 1150 g/mol. The zero-order chi connectivity index (χ0) is 67.4. The number of nitrogens with one attached hydrogen (secondary N) is 4. The first-order chi connectivity index (χ1) is 38.5. The molecular formula is C49H85Cl2FN6O24. The number of halogens is 3. The third-order valence-electron chi connectivity index (χ3n) is 7.98. The molecule has 33 heteroatoms. The van der Waals surface area contributed by atoms with Gasteiger partial charge in [-0.05, 0) is 122 Å². The van der Waals surface area contributed by atoms with Gasteiger partial charge in [-0.25, -0.2) is 38.6 Å². The molecule has 0 aliphatic carbocycles. The average molecular weight is 1240 g/mol. The summed E-state index contributed by atoms with van der Waals surface area (Å²) < 4.78 is 80.7. The number of carboxylic acid groups (broad SMARTS) is 1. The number of hydrogen-bond acceptors (Lipinski definition) is 25. The number of carboxylic acids is 1. The Kier molecular flexibility index (Phi) is 36.4. The summed E-state index contributed by atoms with van der Waals surface area (Å²) in [5, 5.41) is 33.8. The van der Waals surface area contributed by atoms with Gasteiger partial charge < -0.3 is 67.4 Å². The van der Waals surface area contributed by atoms with Crippen LogP contribution in [0, 0.1) is 16.2 Å². The van der Waals surface area contributed by atoms with Crippen LogP contribution in [0.25, 0.3) is 0 Å². The molecule has 0 aromatic carbocycles. The molecule has 30 nitrogen and oxygen atoms in total. The van der Waals surface area contributed by atoms with Crippen LogP contribution in [-0.2, 0) is 66.5 Å². The molecule has 2 atom stereocenters. The molecule has 0 saturated carbocycles. The van der Waals surface area contributed by atoms with Crippen molar-refractivity contribution in [2.75, 3.05) is 85.5 Å². The van der Waals surface area contributed by atoms with E-state index in [9.17, 15) is 52.3 Å². The van der Waals surface area contributed by atoms with Gasteiger partial charge >= 0.3 is 54.8 Å². The minimum Gasteiger partial charge on any atom is -0.481 e. The second kappa shape index (κ2) is 39.7. The van der Waals surface area contributed by atoms with E-state index < -0.39 is 118 Å². The third kappa shape index (κ3) is 43.1. The summed E-state index contributed by atoms with van der Waals surface area (Å²) in [6, 6.07) is 0. The average Bonchev–Trinajstić information content (AvgIpc) is 3.30. The topological polar surface area (TPSA) is 406 Å².